The van der Waals surface area contributed by atoms with Crippen molar-refractivity contribution in [2.24, 2.45) is 11.7 Å². The van der Waals surface area contributed by atoms with E-state index in [0.29, 0.717) is 5.92 Å². The Morgan fingerprint density at radius 1 is 1.39 bits per heavy atom. The molecule has 0 fully saturated rings. The zero-order valence-corrected chi connectivity index (χ0v) is 13.9. The van der Waals surface area contributed by atoms with Crippen molar-refractivity contribution in [3.63, 3.8) is 0 Å². The second-order valence-electron chi connectivity index (χ2n) is 4.45. The second-order valence-corrected chi connectivity index (χ2v) is 6.55. The van der Waals surface area contributed by atoms with Gasteiger partial charge < -0.3 is 5.73 Å². The fourth-order valence-electron chi connectivity index (χ4n) is 1.56. The minimum Gasteiger partial charge on any atom is -0.322 e. The SMILES string of the molecule is CC(C)C(N)c1cn(-c2ccc(I)cc2Br)nn1. The van der Waals surface area contributed by atoms with Crippen molar-refractivity contribution in [1.82, 2.24) is 15.0 Å². The van der Waals surface area contributed by atoms with Crippen LogP contribution in [0.3, 0.4) is 0 Å². The molecule has 6 heteroatoms. The largest absolute Gasteiger partial charge is 0.322 e. The molecule has 0 amide bonds. The molecule has 1 aromatic carbocycles. The van der Waals surface area contributed by atoms with E-state index >= 15 is 0 Å². The Hall–Kier alpha value is -0.470. The van der Waals surface area contributed by atoms with E-state index in [9.17, 15) is 0 Å². The van der Waals surface area contributed by atoms with Crippen molar-refractivity contribution in [2.45, 2.75) is 19.9 Å². The summed E-state index contributed by atoms with van der Waals surface area (Å²) in [5.41, 5.74) is 7.84. The Kier molecular flexibility index (Phi) is 4.39. The summed E-state index contributed by atoms with van der Waals surface area (Å²) >= 11 is 5.81. The van der Waals surface area contributed by atoms with Gasteiger partial charge >= 0.3 is 0 Å². The average Bonchev–Trinajstić information content (AvgIpc) is 2.77. The van der Waals surface area contributed by atoms with Crippen molar-refractivity contribution in [3.05, 3.63) is 38.1 Å². The van der Waals surface area contributed by atoms with Gasteiger partial charge in [0.05, 0.1) is 17.9 Å². The monoisotopic (exact) mass is 420 g/mol. The van der Waals surface area contributed by atoms with Gasteiger partial charge in [-0.25, -0.2) is 4.68 Å². The van der Waals surface area contributed by atoms with Crippen molar-refractivity contribution in [1.29, 1.82) is 0 Å². The molecule has 0 aliphatic rings. The van der Waals surface area contributed by atoms with E-state index in [1.807, 2.05) is 24.4 Å². The van der Waals surface area contributed by atoms with Gasteiger partial charge in [0.15, 0.2) is 0 Å². The van der Waals surface area contributed by atoms with E-state index in [2.05, 4.69) is 62.7 Å². The third-order valence-electron chi connectivity index (χ3n) is 2.73. The molecular weight excluding hydrogens is 407 g/mol. The summed E-state index contributed by atoms with van der Waals surface area (Å²) in [7, 11) is 0. The number of aromatic nitrogens is 3. The van der Waals surface area contributed by atoms with Gasteiger partial charge in [-0.2, -0.15) is 0 Å². The summed E-state index contributed by atoms with van der Waals surface area (Å²) in [4.78, 5) is 0. The predicted octanol–water partition coefficient (Wildman–Crippen LogP) is 3.29. The molecule has 0 saturated carbocycles. The Labute approximate surface area is 128 Å². The third kappa shape index (κ3) is 2.92. The molecule has 0 radical (unpaired) electrons. The smallest absolute Gasteiger partial charge is 0.100 e. The van der Waals surface area contributed by atoms with Crippen LogP contribution in [0.25, 0.3) is 5.69 Å². The summed E-state index contributed by atoms with van der Waals surface area (Å²) in [6, 6.07) is 6.00. The van der Waals surface area contributed by atoms with Gasteiger partial charge in [0.1, 0.15) is 5.69 Å². The number of benzene rings is 1. The van der Waals surface area contributed by atoms with Gasteiger partial charge in [-0.3, -0.25) is 0 Å². The molecule has 1 unspecified atom stereocenters. The van der Waals surface area contributed by atoms with Crippen molar-refractivity contribution in [3.8, 4) is 5.69 Å². The number of hydrogen-bond acceptors (Lipinski definition) is 3. The fourth-order valence-corrected chi connectivity index (χ4v) is 3.04. The topological polar surface area (TPSA) is 56.7 Å². The van der Waals surface area contributed by atoms with E-state index in [4.69, 9.17) is 5.73 Å². The van der Waals surface area contributed by atoms with Crippen molar-refractivity contribution >= 4 is 38.5 Å². The lowest BCUT2D eigenvalue weighted by molar-refractivity contribution is 0.502. The minimum atomic E-state index is -0.0821. The summed E-state index contributed by atoms with van der Waals surface area (Å²) in [5, 5.41) is 8.28. The zero-order valence-electron chi connectivity index (χ0n) is 10.1. The van der Waals surface area contributed by atoms with Crippen LogP contribution in [0.2, 0.25) is 0 Å². The summed E-state index contributed by atoms with van der Waals surface area (Å²) in [5.74, 6) is 0.343. The van der Waals surface area contributed by atoms with E-state index in [0.717, 1.165) is 15.9 Å². The maximum atomic E-state index is 6.06. The number of nitrogens with two attached hydrogens (primary N) is 1. The van der Waals surface area contributed by atoms with Gasteiger partial charge in [-0.15, -0.1) is 5.10 Å². The van der Waals surface area contributed by atoms with Crippen LogP contribution >= 0.6 is 38.5 Å². The lowest BCUT2D eigenvalue weighted by Crippen LogP contribution is -2.17. The quantitative estimate of drug-likeness (QED) is 0.775. The molecular formula is C12H14BrIN4. The van der Waals surface area contributed by atoms with Gasteiger partial charge in [0, 0.05) is 8.04 Å². The Bertz CT molecular complexity index is 553. The Balaban J connectivity index is 2.35. The minimum absolute atomic E-state index is 0.0821. The molecule has 0 aliphatic heterocycles. The van der Waals surface area contributed by atoms with Crippen LogP contribution in [0.1, 0.15) is 25.6 Å². The van der Waals surface area contributed by atoms with E-state index < -0.39 is 0 Å². The first-order chi connectivity index (χ1) is 8.49. The highest BCUT2D eigenvalue weighted by Crippen LogP contribution is 2.24. The van der Waals surface area contributed by atoms with Crippen LogP contribution in [0, 0.1) is 9.49 Å². The molecule has 0 spiro atoms. The molecule has 18 heavy (non-hydrogen) atoms. The molecule has 4 nitrogen and oxygen atoms in total. The molecule has 2 aromatic rings. The second kappa shape index (κ2) is 5.66. The molecule has 0 saturated heterocycles. The number of halogens is 2. The number of rotatable bonds is 3. The van der Waals surface area contributed by atoms with Gasteiger partial charge in [-0.05, 0) is 62.6 Å². The lowest BCUT2D eigenvalue weighted by atomic mass is 10.0. The van der Waals surface area contributed by atoms with Crippen LogP contribution < -0.4 is 5.73 Å². The first-order valence-electron chi connectivity index (χ1n) is 5.62. The number of nitrogens with zero attached hydrogens (tertiary/aromatic N) is 3. The Morgan fingerprint density at radius 3 is 2.72 bits per heavy atom. The highest BCUT2D eigenvalue weighted by atomic mass is 127. The van der Waals surface area contributed by atoms with E-state index in [1.54, 1.807) is 4.68 Å². The standard InChI is InChI=1S/C12H14BrIN4/c1-7(2)12(15)10-6-18(17-16-10)11-4-3-8(14)5-9(11)13/h3-7,12H,15H2,1-2H3. The van der Waals surface area contributed by atoms with E-state index in [-0.39, 0.29) is 6.04 Å². The molecule has 1 aromatic heterocycles. The predicted molar refractivity (Wildman–Crippen MR) is 83.5 cm³/mol. The fraction of sp³-hybridized carbons (Fsp3) is 0.333. The van der Waals surface area contributed by atoms with E-state index in [1.165, 1.54) is 3.57 Å². The number of hydrogen-bond donors (Lipinski definition) is 1. The third-order valence-corrected chi connectivity index (χ3v) is 4.03. The first kappa shape index (κ1) is 14.0. The normalized spacial score (nSPS) is 13.0. The lowest BCUT2D eigenvalue weighted by Gasteiger charge is -2.11. The maximum absolute atomic E-state index is 6.06. The molecule has 96 valence electrons. The van der Waals surface area contributed by atoms with Gasteiger partial charge in [0.25, 0.3) is 0 Å². The highest BCUT2D eigenvalue weighted by Gasteiger charge is 2.15. The zero-order chi connectivity index (χ0) is 13.3. The first-order valence-corrected chi connectivity index (χ1v) is 7.49. The average molecular weight is 421 g/mol. The van der Waals surface area contributed by atoms with Crippen LogP contribution in [0.5, 0.6) is 0 Å². The van der Waals surface area contributed by atoms with Gasteiger partial charge in [-0.1, -0.05) is 19.1 Å². The van der Waals surface area contributed by atoms with Crippen molar-refractivity contribution in [2.75, 3.05) is 0 Å². The summed E-state index contributed by atoms with van der Waals surface area (Å²) in [6.07, 6.45) is 1.89. The summed E-state index contributed by atoms with van der Waals surface area (Å²) in [6.45, 7) is 4.15. The van der Waals surface area contributed by atoms with Crippen LogP contribution in [0.4, 0.5) is 0 Å². The molecule has 1 heterocycles. The maximum Gasteiger partial charge on any atom is 0.100 e. The van der Waals surface area contributed by atoms with Crippen LogP contribution in [0.15, 0.2) is 28.9 Å². The summed E-state index contributed by atoms with van der Waals surface area (Å²) < 4.78 is 3.91. The molecule has 2 N–H and O–H groups in total. The van der Waals surface area contributed by atoms with Crippen LogP contribution in [-0.4, -0.2) is 15.0 Å². The van der Waals surface area contributed by atoms with Gasteiger partial charge in [0.2, 0.25) is 0 Å². The van der Waals surface area contributed by atoms with Crippen molar-refractivity contribution < 1.29 is 0 Å². The molecule has 0 aliphatic carbocycles. The Morgan fingerprint density at radius 2 is 2.11 bits per heavy atom. The molecule has 1 atom stereocenters. The molecule has 0 bridgehead atoms. The highest BCUT2D eigenvalue weighted by molar-refractivity contribution is 14.1. The molecule has 2 rings (SSSR count). The van der Waals surface area contributed by atoms with Crippen LogP contribution in [-0.2, 0) is 0 Å².